The number of nitrogens with one attached hydrogen (secondary N) is 2. The molecule has 6 heteroatoms. The summed E-state index contributed by atoms with van der Waals surface area (Å²) in [7, 11) is 0. The molecule has 0 spiro atoms. The van der Waals surface area contributed by atoms with Crippen LogP contribution in [0.1, 0.15) is 54.8 Å². The van der Waals surface area contributed by atoms with E-state index in [1.165, 1.54) is 19.3 Å². The Balaban J connectivity index is 1.65. The average Bonchev–Trinajstić information content (AvgIpc) is 3.23. The minimum absolute atomic E-state index is 0.0345. The van der Waals surface area contributed by atoms with Gasteiger partial charge in [-0.15, -0.1) is 0 Å². The summed E-state index contributed by atoms with van der Waals surface area (Å²) in [6, 6.07) is 10.9. The Morgan fingerprint density at radius 2 is 1.96 bits per heavy atom. The zero-order valence-corrected chi connectivity index (χ0v) is 15.7. The molecule has 0 saturated carbocycles. The van der Waals surface area contributed by atoms with Gasteiger partial charge in [0.2, 0.25) is 5.91 Å². The molecular weight excluding hydrogens is 342 g/mol. The van der Waals surface area contributed by atoms with Gasteiger partial charge in [0.1, 0.15) is 5.76 Å². The van der Waals surface area contributed by atoms with Crippen LogP contribution >= 0.6 is 0 Å². The number of carbonyl (C=O) groups excluding carboxylic acids is 2. The number of hydrogen-bond acceptors (Lipinski definition) is 4. The second-order valence-electron chi connectivity index (χ2n) is 6.82. The van der Waals surface area contributed by atoms with E-state index in [0.717, 1.165) is 18.8 Å². The van der Waals surface area contributed by atoms with Gasteiger partial charge < -0.3 is 15.1 Å². The third-order valence-electron chi connectivity index (χ3n) is 4.89. The van der Waals surface area contributed by atoms with E-state index >= 15 is 0 Å². The van der Waals surface area contributed by atoms with E-state index in [4.69, 9.17) is 4.42 Å². The fourth-order valence-electron chi connectivity index (χ4n) is 3.40. The minimum Gasteiger partial charge on any atom is -0.468 e. The van der Waals surface area contributed by atoms with Crippen LogP contribution in [0.15, 0.2) is 47.1 Å². The lowest BCUT2D eigenvalue weighted by atomic mass is 10.1. The van der Waals surface area contributed by atoms with Crippen LogP contribution in [0.3, 0.4) is 0 Å². The highest BCUT2D eigenvalue weighted by atomic mass is 16.3. The maximum absolute atomic E-state index is 12.6. The van der Waals surface area contributed by atoms with Crippen LogP contribution in [0.2, 0.25) is 0 Å². The Labute approximate surface area is 159 Å². The summed E-state index contributed by atoms with van der Waals surface area (Å²) < 4.78 is 5.62. The first kappa shape index (κ1) is 19.2. The maximum Gasteiger partial charge on any atom is 0.251 e. The number of nitrogens with zero attached hydrogens (tertiary/aromatic N) is 1. The van der Waals surface area contributed by atoms with Gasteiger partial charge in [0.15, 0.2) is 0 Å². The van der Waals surface area contributed by atoms with Crippen molar-refractivity contribution in [2.24, 2.45) is 0 Å². The second kappa shape index (κ2) is 9.37. The Kier molecular flexibility index (Phi) is 6.65. The molecule has 1 aliphatic rings. The number of hydrogen-bond donors (Lipinski definition) is 2. The van der Waals surface area contributed by atoms with Gasteiger partial charge in [0.25, 0.3) is 5.91 Å². The summed E-state index contributed by atoms with van der Waals surface area (Å²) >= 11 is 0. The monoisotopic (exact) mass is 369 g/mol. The molecule has 2 heterocycles. The molecule has 0 bridgehead atoms. The van der Waals surface area contributed by atoms with E-state index in [-0.39, 0.29) is 17.9 Å². The molecule has 3 rings (SSSR count). The highest BCUT2D eigenvalue weighted by Gasteiger charge is 2.25. The maximum atomic E-state index is 12.6. The van der Waals surface area contributed by atoms with Crippen molar-refractivity contribution in [3.05, 3.63) is 54.0 Å². The molecular formula is C21H27N3O3. The third-order valence-corrected chi connectivity index (χ3v) is 4.89. The first-order valence-corrected chi connectivity index (χ1v) is 9.63. The average molecular weight is 369 g/mol. The molecule has 1 fully saturated rings. The standard InChI is InChI=1S/C21H27N3O3/c1-2-20(25)23-17-9-6-8-16(14-17)21(26)22-15-18(19-10-7-13-27-19)24-11-4-3-5-12-24/h6-10,13-14,18H,2-5,11-12,15H2,1H3,(H,22,26)(H,23,25). The van der Waals surface area contributed by atoms with E-state index < -0.39 is 0 Å². The number of rotatable bonds is 7. The fraction of sp³-hybridized carbons (Fsp3) is 0.429. The number of anilines is 1. The van der Waals surface area contributed by atoms with Gasteiger partial charge in [-0.3, -0.25) is 14.5 Å². The van der Waals surface area contributed by atoms with Crippen molar-refractivity contribution in [1.29, 1.82) is 0 Å². The first-order chi connectivity index (χ1) is 13.2. The Bertz CT molecular complexity index is 752. The SMILES string of the molecule is CCC(=O)Nc1cccc(C(=O)NCC(c2ccco2)N2CCCCC2)c1. The zero-order chi connectivity index (χ0) is 19.1. The molecule has 1 unspecified atom stereocenters. The van der Waals surface area contributed by atoms with Crippen LogP contribution in [0.5, 0.6) is 0 Å². The van der Waals surface area contributed by atoms with Crippen LogP contribution in [-0.4, -0.2) is 36.3 Å². The second-order valence-corrected chi connectivity index (χ2v) is 6.82. The number of likely N-dealkylation sites (tertiary alicyclic amines) is 1. The van der Waals surface area contributed by atoms with Gasteiger partial charge in [-0.05, 0) is 56.3 Å². The smallest absolute Gasteiger partial charge is 0.251 e. The summed E-state index contributed by atoms with van der Waals surface area (Å²) in [6.45, 7) is 4.30. The summed E-state index contributed by atoms with van der Waals surface area (Å²) in [4.78, 5) is 26.6. The predicted octanol–water partition coefficient (Wildman–Crippen LogP) is 3.59. The van der Waals surface area contributed by atoms with Crippen molar-refractivity contribution in [3.63, 3.8) is 0 Å². The predicted molar refractivity (Wildman–Crippen MR) is 105 cm³/mol. The van der Waals surface area contributed by atoms with E-state index in [1.54, 1.807) is 37.5 Å². The van der Waals surface area contributed by atoms with E-state index in [9.17, 15) is 9.59 Å². The normalized spacial score (nSPS) is 15.9. The summed E-state index contributed by atoms with van der Waals surface area (Å²) in [6.07, 6.45) is 5.67. The Morgan fingerprint density at radius 1 is 1.15 bits per heavy atom. The number of benzene rings is 1. The molecule has 1 saturated heterocycles. The van der Waals surface area contributed by atoms with Crippen LogP contribution in [0.4, 0.5) is 5.69 Å². The molecule has 6 nitrogen and oxygen atoms in total. The van der Waals surface area contributed by atoms with Crippen molar-refractivity contribution < 1.29 is 14.0 Å². The van der Waals surface area contributed by atoms with Gasteiger partial charge in [0.05, 0.1) is 12.3 Å². The molecule has 1 aromatic carbocycles. The lowest BCUT2D eigenvalue weighted by Gasteiger charge is -2.33. The van der Waals surface area contributed by atoms with E-state index in [1.807, 2.05) is 12.1 Å². The fourth-order valence-corrected chi connectivity index (χ4v) is 3.40. The number of furan rings is 1. The van der Waals surface area contributed by atoms with E-state index in [0.29, 0.717) is 24.2 Å². The molecule has 1 aromatic heterocycles. The van der Waals surface area contributed by atoms with Crippen LogP contribution < -0.4 is 10.6 Å². The van der Waals surface area contributed by atoms with Crippen molar-refractivity contribution in [1.82, 2.24) is 10.2 Å². The molecule has 2 amide bonds. The molecule has 1 atom stereocenters. The summed E-state index contributed by atoms with van der Waals surface area (Å²) in [5.74, 6) is 0.646. The lowest BCUT2D eigenvalue weighted by molar-refractivity contribution is -0.115. The highest BCUT2D eigenvalue weighted by molar-refractivity contribution is 5.97. The van der Waals surface area contributed by atoms with Gasteiger partial charge in [0, 0.05) is 24.2 Å². The van der Waals surface area contributed by atoms with Crippen molar-refractivity contribution in [3.8, 4) is 0 Å². The molecule has 0 aliphatic carbocycles. The number of piperidine rings is 1. The topological polar surface area (TPSA) is 74.6 Å². The largest absolute Gasteiger partial charge is 0.468 e. The number of amides is 2. The third kappa shape index (κ3) is 5.20. The van der Waals surface area contributed by atoms with E-state index in [2.05, 4.69) is 15.5 Å². The Morgan fingerprint density at radius 3 is 2.67 bits per heavy atom. The molecule has 27 heavy (non-hydrogen) atoms. The zero-order valence-electron chi connectivity index (χ0n) is 15.7. The van der Waals surface area contributed by atoms with Crippen LogP contribution in [0, 0.1) is 0 Å². The summed E-state index contributed by atoms with van der Waals surface area (Å²) in [5, 5.41) is 5.81. The molecule has 1 aliphatic heterocycles. The van der Waals surface area contributed by atoms with Gasteiger partial charge in [-0.2, -0.15) is 0 Å². The molecule has 2 aromatic rings. The van der Waals surface area contributed by atoms with Gasteiger partial charge in [-0.25, -0.2) is 0 Å². The number of carbonyl (C=O) groups is 2. The van der Waals surface area contributed by atoms with Gasteiger partial charge in [-0.1, -0.05) is 19.4 Å². The van der Waals surface area contributed by atoms with Crippen LogP contribution in [-0.2, 0) is 4.79 Å². The highest BCUT2D eigenvalue weighted by Crippen LogP contribution is 2.24. The Hall–Kier alpha value is -2.60. The van der Waals surface area contributed by atoms with Crippen LogP contribution in [0.25, 0.3) is 0 Å². The van der Waals surface area contributed by atoms with Crippen molar-refractivity contribution in [2.45, 2.75) is 38.6 Å². The lowest BCUT2D eigenvalue weighted by Crippen LogP contribution is -2.40. The van der Waals surface area contributed by atoms with Crippen molar-refractivity contribution in [2.75, 3.05) is 25.0 Å². The molecule has 144 valence electrons. The minimum atomic E-state index is -0.156. The first-order valence-electron chi connectivity index (χ1n) is 9.63. The van der Waals surface area contributed by atoms with Gasteiger partial charge >= 0.3 is 0 Å². The summed E-state index contributed by atoms with van der Waals surface area (Å²) in [5.41, 5.74) is 1.16. The quantitative estimate of drug-likeness (QED) is 0.782. The molecule has 0 radical (unpaired) electrons. The molecule has 2 N–H and O–H groups in total. The van der Waals surface area contributed by atoms with Crippen molar-refractivity contribution >= 4 is 17.5 Å².